The predicted octanol–water partition coefficient (Wildman–Crippen LogP) is 3.90. The summed E-state index contributed by atoms with van der Waals surface area (Å²) >= 11 is 0. The maximum atomic E-state index is 11.1. The average molecular weight is 269 g/mol. The normalized spacial score (nSPS) is 10.6. The van der Waals surface area contributed by atoms with Crippen LogP contribution in [0.5, 0.6) is 5.75 Å². The smallest absolute Gasteiger partial charge is 0.153 e. The number of nitrogens with zero attached hydrogens (tertiary/aromatic N) is 1. The standard InChI is InChI=1S/C17H19NO2/c1-12(2)11-20-17-8-14(6-7-16(17)10-19)15-5-4-13(3)18-9-15/h4-10,12H,11H2,1-3H3. The van der Waals surface area contributed by atoms with E-state index >= 15 is 0 Å². The molecule has 3 heteroatoms. The van der Waals surface area contributed by atoms with Crippen molar-refractivity contribution in [3.63, 3.8) is 0 Å². The van der Waals surface area contributed by atoms with Gasteiger partial charge in [0.05, 0.1) is 12.2 Å². The van der Waals surface area contributed by atoms with E-state index in [-0.39, 0.29) is 0 Å². The van der Waals surface area contributed by atoms with Crippen LogP contribution in [-0.2, 0) is 0 Å². The van der Waals surface area contributed by atoms with Gasteiger partial charge in [0.1, 0.15) is 5.75 Å². The summed E-state index contributed by atoms with van der Waals surface area (Å²) < 4.78 is 5.72. The quantitative estimate of drug-likeness (QED) is 0.773. The van der Waals surface area contributed by atoms with Crippen LogP contribution in [-0.4, -0.2) is 17.9 Å². The van der Waals surface area contributed by atoms with E-state index in [4.69, 9.17) is 4.74 Å². The first-order chi connectivity index (χ1) is 9.60. The maximum Gasteiger partial charge on any atom is 0.153 e. The van der Waals surface area contributed by atoms with Crippen molar-refractivity contribution in [2.24, 2.45) is 5.92 Å². The van der Waals surface area contributed by atoms with E-state index in [1.807, 2.05) is 37.4 Å². The molecule has 0 spiro atoms. The molecule has 2 aromatic rings. The molecular weight excluding hydrogens is 250 g/mol. The third-order valence-corrected chi connectivity index (χ3v) is 2.96. The predicted molar refractivity (Wildman–Crippen MR) is 80.1 cm³/mol. The molecular formula is C17H19NO2. The van der Waals surface area contributed by atoms with E-state index in [1.165, 1.54) is 0 Å². The molecule has 3 nitrogen and oxygen atoms in total. The molecule has 1 aromatic carbocycles. The van der Waals surface area contributed by atoms with Gasteiger partial charge < -0.3 is 4.74 Å². The lowest BCUT2D eigenvalue weighted by atomic mass is 10.0. The van der Waals surface area contributed by atoms with Gasteiger partial charge in [-0.3, -0.25) is 9.78 Å². The molecule has 0 unspecified atom stereocenters. The number of hydrogen-bond donors (Lipinski definition) is 0. The maximum absolute atomic E-state index is 11.1. The molecule has 20 heavy (non-hydrogen) atoms. The molecule has 1 aromatic heterocycles. The highest BCUT2D eigenvalue weighted by molar-refractivity contribution is 5.81. The highest BCUT2D eigenvalue weighted by atomic mass is 16.5. The molecule has 0 N–H and O–H groups in total. The van der Waals surface area contributed by atoms with Gasteiger partial charge in [-0.2, -0.15) is 0 Å². The average Bonchev–Trinajstić information content (AvgIpc) is 2.45. The molecule has 2 rings (SSSR count). The van der Waals surface area contributed by atoms with Crippen molar-refractivity contribution < 1.29 is 9.53 Å². The van der Waals surface area contributed by atoms with Crippen LogP contribution in [0.4, 0.5) is 0 Å². The van der Waals surface area contributed by atoms with Crippen LogP contribution in [0.2, 0.25) is 0 Å². The Kier molecular flexibility index (Phi) is 4.51. The first kappa shape index (κ1) is 14.3. The summed E-state index contributed by atoms with van der Waals surface area (Å²) in [6, 6.07) is 9.59. The summed E-state index contributed by atoms with van der Waals surface area (Å²) in [7, 11) is 0. The lowest BCUT2D eigenvalue weighted by Gasteiger charge is -2.12. The van der Waals surface area contributed by atoms with Crippen LogP contribution in [0.25, 0.3) is 11.1 Å². The highest BCUT2D eigenvalue weighted by Crippen LogP contribution is 2.26. The Morgan fingerprint density at radius 3 is 2.55 bits per heavy atom. The Balaban J connectivity index is 2.33. The SMILES string of the molecule is Cc1ccc(-c2ccc(C=O)c(OCC(C)C)c2)cn1. The molecule has 0 atom stereocenters. The number of ether oxygens (including phenoxy) is 1. The molecule has 0 aliphatic heterocycles. The minimum absolute atomic E-state index is 0.416. The second-order valence-electron chi connectivity index (χ2n) is 5.26. The van der Waals surface area contributed by atoms with Gasteiger partial charge in [0, 0.05) is 17.5 Å². The monoisotopic (exact) mass is 269 g/mol. The van der Waals surface area contributed by atoms with Crippen LogP contribution in [0, 0.1) is 12.8 Å². The lowest BCUT2D eigenvalue weighted by Crippen LogP contribution is -2.06. The largest absolute Gasteiger partial charge is 0.493 e. The molecule has 1 heterocycles. The fraction of sp³-hybridized carbons (Fsp3) is 0.294. The zero-order valence-electron chi connectivity index (χ0n) is 12.1. The number of aromatic nitrogens is 1. The fourth-order valence-electron chi connectivity index (χ4n) is 1.83. The second kappa shape index (κ2) is 6.33. The summed E-state index contributed by atoms with van der Waals surface area (Å²) in [5.74, 6) is 1.05. The summed E-state index contributed by atoms with van der Waals surface area (Å²) in [4.78, 5) is 15.4. The second-order valence-corrected chi connectivity index (χ2v) is 5.26. The van der Waals surface area contributed by atoms with Crippen LogP contribution < -0.4 is 4.74 Å². The summed E-state index contributed by atoms with van der Waals surface area (Å²) in [5, 5.41) is 0. The van der Waals surface area contributed by atoms with Gasteiger partial charge >= 0.3 is 0 Å². The van der Waals surface area contributed by atoms with Gasteiger partial charge in [-0.25, -0.2) is 0 Å². The topological polar surface area (TPSA) is 39.2 Å². The molecule has 104 valence electrons. The molecule has 0 aliphatic carbocycles. The molecule has 0 saturated carbocycles. The van der Waals surface area contributed by atoms with Crippen molar-refractivity contribution in [1.82, 2.24) is 4.98 Å². The third kappa shape index (κ3) is 3.44. The van der Waals surface area contributed by atoms with Crippen molar-refractivity contribution in [2.45, 2.75) is 20.8 Å². The first-order valence-electron chi connectivity index (χ1n) is 6.75. The Morgan fingerprint density at radius 2 is 1.95 bits per heavy atom. The number of carbonyl (C=O) groups is 1. The van der Waals surface area contributed by atoms with Crippen LogP contribution in [0.15, 0.2) is 36.5 Å². The molecule has 0 aliphatic rings. The van der Waals surface area contributed by atoms with E-state index in [0.29, 0.717) is 23.8 Å². The zero-order chi connectivity index (χ0) is 14.5. The van der Waals surface area contributed by atoms with Gasteiger partial charge in [-0.15, -0.1) is 0 Å². The van der Waals surface area contributed by atoms with Crippen LogP contribution in [0.1, 0.15) is 29.9 Å². The fourth-order valence-corrected chi connectivity index (χ4v) is 1.83. The van der Waals surface area contributed by atoms with E-state index in [9.17, 15) is 4.79 Å². The number of carbonyl (C=O) groups excluding carboxylic acids is 1. The number of rotatable bonds is 5. The Hall–Kier alpha value is -2.16. The van der Waals surface area contributed by atoms with Gasteiger partial charge in [-0.1, -0.05) is 26.0 Å². The third-order valence-electron chi connectivity index (χ3n) is 2.96. The van der Waals surface area contributed by atoms with Gasteiger partial charge in [0.2, 0.25) is 0 Å². The van der Waals surface area contributed by atoms with E-state index in [1.54, 1.807) is 6.07 Å². The number of pyridine rings is 1. The van der Waals surface area contributed by atoms with Crippen molar-refractivity contribution in [3.05, 3.63) is 47.8 Å². The zero-order valence-corrected chi connectivity index (χ0v) is 12.1. The minimum Gasteiger partial charge on any atom is -0.493 e. The van der Waals surface area contributed by atoms with Gasteiger partial charge in [0.25, 0.3) is 0 Å². The Bertz CT molecular complexity index is 588. The van der Waals surface area contributed by atoms with E-state index in [0.717, 1.165) is 23.1 Å². The van der Waals surface area contributed by atoms with Gasteiger partial charge in [0.15, 0.2) is 6.29 Å². The minimum atomic E-state index is 0.416. The van der Waals surface area contributed by atoms with Crippen molar-refractivity contribution in [3.8, 4) is 16.9 Å². The van der Waals surface area contributed by atoms with E-state index in [2.05, 4.69) is 18.8 Å². The number of aldehydes is 1. The van der Waals surface area contributed by atoms with Crippen molar-refractivity contribution in [2.75, 3.05) is 6.61 Å². The number of aryl methyl sites for hydroxylation is 1. The van der Waals surface area contributed by atoms with Crippen molar-refractivity contribution in [1.29, 1.82) is 0 Å². The highest BCUT2D eigenvalue weighted by Gasteiger charge is 2.07. The Morgan fingerprint density at radius 1 is 1.20 bits per heavy atom. The number of benzene rings is 1. The first-order valence-corrected chi connectivity index (χ1v) is 6.75. The van der Waals surface area contributed by atoms with Crippen LogP contribution in [0.3, 0.4) is 0 Å². The molecule has 0 fully saturated rings. The number of hydrogen-bond acceptors (Lipinski definition) is 3. The van der Waals surface area contributed by atoms with Crippen LogP contribution >= 0.6 is 0 Å². The lowest BCUT2D eigenvalue weighted by molar-refractivity contribution is 0.111. The Labute approximate surface area is 119 Å². The summed E-state index contributed by atoms with van der Waals surface area (Å²) in [6.07, 6.45) is 2.66. The van der Waals surface area contributed by atoms with Gasteiger partial charge in [-0.05, 0) is 36.6 Å². The van der Waals surface area contributed by atoms with Crippen molar-refractivity contribution >= 4 is 6.29 Å². The molecule has 0 amide bonds. The molecule has 0 radical (unpaired) electrons. The summed E-state index contributed by atoms with van der Waals surface area (Å²) in [5.41, 5.74) is 3.58. The summed E-state index contributed by atoms with van der Waals surface area (Å²) in [6.45, 7) is 6.70. The van der Waals surface area contributed by atoms with E-state index < -0.39 is 0 Å². The molecule has 0 saturated heterocycles. The molecule has 0 bridgehead atoms.